The molecule has 0 aliphatic carbocycles. The molecule has 1 aliphatic heterocycles. The summed E-state index contributed by atoms with van der Waals surface area (Å²) in [5.74, 6) is 0.577. The van der Waals surface area contributed by atoms with Crippen molar-refractivity contribution < 1.29 is 17.9 Å². The van der Waals surface area contributed by atoms with Gasteiger partial charge in [0.1, 0.15) is 5.75 Å². The van der Waals surface area contributed by atoms with Crippen LogP contribution in [0, 0.1) is 0 Å². The SMILES string of the molecule is CCOc1ccc(S(=O)(=O)N2CCN(C(=O)c3ccccc3)CC2)cc1. The summed E-state index contributed by atoms with van der Waals surface area (Å²) >= 11 is 0. The minimum absolute atomic E-state index is 0.0660. The Hall–Kier alpha value is -2.38. The van der Waals surface area contributed by atoms with E-state index >= 15 is 0 Å². The lowest BCUT2D eigenvalue weighted by molar-refractivity contribution is 0.0698. The second kappa shape index (κ2) is 7.88. The molecule has 6 nitrogen and oxygen atoms in total. The first-order valence-electron chi connectivity index (χ1n) is 8.59. The lowest BCUT2D eigenvalue weighted by Gasteiger charge is -2.34. The Balaban J connectivity index is 1.66. The second-order valence-corrected chi connectivity index (χ2v) is 7.90. The zero-order valence-electron chi connectivity index (χ0n) is 14.7. The maximum Gasteiger partial charge on any atom is 0.253 e. The van der Waals surface area contributed by atoms with E-state index in [9.17, 15) is 13.2 Å². The molecule has 1 amide bonds. The van der Waals surface area contributed by atoms with Gasteiger partial charge < -0.3 is 9.64 Å². The maximum absolute atomic E-state index is 12.8. The lowest BCUT2D eigenvalue weighted by Crippen LogP contribution is -2.50. The Morgan fingerprint density at radius 2 is 1.58 bits per heavy atom. The molecule has 0 atom stereocenters. The molecule has 26 heavy (non-hydrogen) atoms. The molecule has 2 aromatic carbocycles. The van der Waals surface area contributed by atoms with Gasteiger partial charge in [0.2, 0.25) is 10.0 Å². The Labute approximate surface area is 154 Å². The van der Waals surface area contributed by atoms with Gasteiger partial charge in [0, 0.05) is 31.7 Å². The van der Waals surface area contributed by atoms with Crippen LogP contribution in [-0.2, 0) is 10.0 Å². The largest absolute Gasteiger partial charge is 0.494 e. The van der Waals surface area contributed by atoms with Gasteiger partial charge in [0.25, 0.3) is 5.91 Å². The van der Waals surface area contributed by atoms with Gasteiger partial charge in [-0.05, 0) is 43.3 Å². The van der Waals surface area contributed by atoms with Crippen molar-refractivity contribution >= 4 is 15.9 Å². The molecule has 2 aromatic rings. The van der Waals surface area contributed by atoms with E-state index in [0.717, 1.165) is 0 Å². The summed E-state index contributed by atoms with van der Waals surface area (Å²) in [5.41, 5.74) is 0.621. The van der Waals surface area contributed by atoms with E-state index < -0.39 is 10.0 Å². The van der Waals surface area contributed by atoms with Crippen molar-refractivity contribution in [3.63, 3.8) is 0 Å². The minimum atomic E-state index is -3.57. The Morgan fingerprint density at radius 1 is 0.962 bits per heavy atom. The van der Waals surface area contributed by atoms with E-state index in [1.165, 1.54) is 4.31 Å². The van der Waals surface area contributed by atoms with E-state index in [-0.39, 0.29) is 23.9 Å². The summed E-state index contributed by atoms with van der Waals surface area (Å²) in [6.45, 7) is 3.74. The molecular formula is C19H22N2O4S. The van der Waals surface area contributed by atoms with Crippen molar-refractivity contribution in [3.8, 4) is 5.75 Å². The normalized spacial score (nSPS) is 15.7. The highest BCUT2D eigenvalue weighted by atomic mass is 32.2. The number of hydrogen-bond donors (Lipinski definition) is 0. The number of ether oxygens (including phenoxy) is 1. The number of amides is 1. The zero-order chi connectivity index (χ0) is 18.6. The van der Waals surface area contributed by atoms with E-state index in [1.54, 1.807) is 41.3 Å². The zero-order valence-corrected chi connectivity index (χ0v) is 15.5. The van der Waals surface area contributed by atoms with Gasteiger partial charge in [-0.15, -0.1) is 0 Å². The molecule has 0 spiro atoms. The minimum Gasteiger partial charge on any atom is -0.494 e. The fourth-order valence-electron chi connectivity index (χ4n) is 2.92. The third kappa shape index (κ3) is 3.89. The van der Waals surface area contributed by atoms with Crippen LogP contribution in [0.2, 0.25) is 0 Å². The molecular weight excluding hydrogens is 352 g/mol. The predicted molar refractivity (Wildman–Crippen MR) is 98.7 cm³/mol. The highest BCUT2D eigenvalue weighted by Crippen LogP contribution is 2.21. The summed E-state index contributed by atoms with van der Waals surface area (Å²) in [7, 11) is -3.57. The van der Waals surface area contributed by atoms with Crippen LogP contribution in [0.15, 0.2) is 59.5 Å². The van der Waals surface area contributed by atoms with E-state index in [0.29, 0.717) is 31.0 Å². The van der Waals surface area contributed by atoms with Crippen LogP contribution in [0.3, 0.4) is 0 Å². The summed E-state index contributed by atoms with van der Waals surface area (Å²) in [4.78, 5) is 14.4. The van der Waals surface area contributed by atoms with Gasteiger partial charge in [-0.1, -0.05) is 18.2 Å². The Kier molecular flexibility index (Phi) is 5.58. The summed E-state index contributed by atoms with van der Waals surface area (Å²) in [6, 6.07) is 15.5. The Bertz CT molecular complexity index is 843. The Morgan fingerprint density at radius 3 is 2.15 bits per heavy atom. The van der Waals surface area contributed by atoms with Crippen molar-refractivity contribution in [2.45, 2.75) is 11.8 Å². The number of benzene rings is 2. The smallest absolute Gasteiger partial charge is 0.253 e. The highest BCUT2D eigenvalue weighted by Gasteiger charge is 2.30. The summed E-state index contributed by atoms with van der Waals surface area (Å²) in [6.07, 6.45) is 0. The third-order valence-electron chi connectivity index (χ3n) is 4.32. The van der Waals surface area contributed by atoms with Gasteiger partial charge in [-0.25, -0.2) is 8.42 Å². The van der Waals surface area contributed by atoms with E-state index in [2.05, 4.69) is 0 Å². The van der Waals surface area contributed by atoms with Crippen LogP contribution in [0.4, 0.5) is 0 Å². The van der Waals surface area contributed by atoms with Crippen molar-refractivity contribution in [2.24, 2.45) is 0 Å². The quantitative estimate of drug-likeness (QED) is 0.805. The third-order valence-corrected chi connectivity index (χ3v) is 6.23. The summed E-state index contributed by atoms with van der Waals surface area (Å²) in [5, 5.41) is 0. The van der Waals surface area contributed by atoms with E-state index in [1.807, 2.05) is 25.1 Å². The number of hydrogen-bond acceptors (Lipinski definition) is 4. The number of piperazine rings is 1. The van der Waals surface area contributed by atoms with Crippen molar-refractivity contribution in [3.05, 3.63) is 60.2 Å². The maximum atomic E-state index is 12.8. The molecule has 1 aliphatic rings. The van der Waals surface area contributed by atoms with Crippen LogP contribution in [0.1, 0.15) is 17.3 Å². The molecule has 0 bridgehead atoms. The predicted octanol–water partition coefficient (Wildman–Crippen LogP) is 2.23. The molecule has 0 aromatic heterocycles. The van der Waals surface area contributed by atoms with E-state index in [4.69, 9.17) is 4.74 Å². The molecule has 1 saturated heterocycles. The lowest BCUT2D eigenvalue weighted by atomic mass is 10.2. The number of carbonyl (C=O) groups is 1. The number of rotatable bonds is 5. The molecule has 1 heterocycles. The van der Waals surface area contributed by atoms with Crippen LogP contribution in [0.25, 0.3) is 0 Å². The van der Waals surface area contributed by atoms with Crippen LogP contribution in [-0.4, -0.2) is 56.3 Å². The average Bonchev–Trinajstić information content (AvgIpc) is 2.69. The van der Waals surface area contributed by atoms with Crippen molar-refractivity contribution in [1.82, 2.24) is 9.21 Å². The fourth-order valence-corrected chi connectivity index (χ4v) is 4.34. The molecule has 7 heteroatoms. The van der Waals surface area contributed by atoms with Crippen molar-refractivity contribution in [1.29, 1.82) is 0 Å². The standard InChI is InChI=1S/C19H22N2O4S/c1-2-25-17-8-10-18(11-9-17)26(23,24)21-14-12-20(13-15-21)19(22)16-6-4-3-5-7-16/h3-11H,2,12-15H2,1H3. The van der Waals surface area contributed by atoms with Gasteiger partial charge in [-0.2, -0.15) is 4.31 Å². The van der Waals surface area contributed by atoms with Crippen LogP contribution < -0.4 is 4.74 Å². The van der Waals surface area contributed by atoms with Gasteiger partial charge in [0.05, 0.1) is 11.5 Å². The molecule has 0 N–H and O–H groups in total. The second-order valence-electron chi connectivity index (χ2n) is 5.97. The number of sulfonamides is 1. The first-order chi connectivity index (χ1) is 12.5. The van der Waals surface area contributed by atoms with Crippen LogP contribution in [0.5, 0.6) is 5.75 Å². The first-order valence-corrected chi connectivity index (χ1v) is 10.0. The molecule has 0 unspecified atom stereocenters. The molecule has 138 valence electrons. The summed E-state index contributed by atoms with van der Waals surface area (Å²) < 4.78 is 32.3. The van der Waals surface area contributed by atoms with Crippen molar-refractivity contribution in [2.75, 3.05) is 32.8 Å². The molecule has 1 fully saturated rings. The average molecular weight is 374 g/mol. The topological polar surface area (TPSA) is 66.9 Å². The van der Waals surface area contributed by atoms with Gasteiger partial charge in [-0.3, -0.25) is 4.79 Å². The first kappa shape index (κ1) is 18.4. The highest BCUT2D eigenvalue weighted by molar-refractivity contribution is 7.89. The number of carbonyl (C=O) groups excluding carboxylic acids is 1. The molecule has 0 radical (unpaired) electrons. The van der Waals surface area contributed by atoms with Gasteiger partial charge >= 0.3 is 0 Å². The fraction of sp³-hybridized carbons (Fsp3) is 0.316. The number of nitrogens with zero attached hydrogens (tertiary/aromatic N) is 2. The molecule has 3 rings (SSSR count). The monoisotopic (exact) mass is 374 g/mol. The van der Waals surface area contributed by atoms with Gasteiger partial charge in [0.15, 0.2) is 0 Å². The molecule has 0 saturated carbocycles. The van der Waals surface area contributed by atoms with Crippen LogP contribution >= 0.6 is 0 Å².